The highest BCUT2D eigenvalue weighted by atomic mass is 32.2. The molecule has 0 aliphatic carbocycles. The molecular weight excluding hydrogens is 453 g/mol. The van der Waals surface area contributed by atoms with Gasteiger partial charge in [0.2, 0.25) is 5.91 Å². The third kappa shape index (κ3) is 3.57. The van der Waals surface area contributed by atoms with Crippen molar-refractivity contribution >= 4 is 35.1 Å². The Bertz CT molecular complexity index is 1160. The minimum Gasteiger partial charge on any atom is -0.352 e. The van der Waals surface area contributed by atoms with E-state index in [9.17, 15) is 14.4 Å². The fourth-order valence-corrected chi connectivity index (χ4v) is 6.20. The molecule has 1 amide bonds. The van der Waals surface area contributed by atoms with Crippen LogP contribution in [0.15, 0.2) is 24.7 Å². The van der Waals surface area contributed by atoms with Crippen LogP contribution in [-0.2, 0) is 10.2 Å². The van der Waals surface area contributed by atoms with Crippen LogP contribution in [0.3, 0.4) is 0 Å². The topological polar surface area (TPSA) is 89.2 Å². The number of alkyl halides is 1. The van der Waals surface area contributed by atoms with E-state index >= 15 is 0 Å². The van der Waals surface area contributed by atoms with E-state index in [0.717, 1.165) is 23.0 Å². The van der Waals surface area contributed by atoms with Gasteiger partial charge in [-0.3, -0.25) is 4.79 Å². The number of nitriles is 1. The fourth-order valence-electron chi connectivity index (χ4n) is 5.18. The molecule has 5 heterocycles. The molecule has 178 valence electrons. The predicted octanol–water partition coefficient (Wildman–Crippen LogP) is 3.05. The number of amides is 1. The molecule has 8 nitrogen and oxygen atoms in total. The number of thioether (sulfide) groups is 1. The number of carbonyl (C=O) groups excluding carboxylic acids is 1. The first-order valence-corrected chi connectivity index (χ1v) is 12.5. The van der Waals surface area contributed by atoms with Crippen LogP contribution in [0.1, 0.15) is 38.3 Å². The summed E-state index contributed by atoms with van der Waals surface area (Å²) in [7, 11) is 0. The second-order valence-corrected chi connectivity index (χ2v) is 11.4. The molecule has 3 aliphatic rings. The van der Waals surface area contributed by atoms with Gasteiger partial charge in [-0.05, 0) is 31.2 Å². The molecule has 2 fully saturated rings. The lowest BCUT2D eigenvalue weighted by molar-refractivity contribution is -0.137. The van der Waals surface area contributed by atoms with Gasteiger partial charge in [0.1, 0.15) is 35.2 Å². The molecular formula is C24H28FN7OS. The lowest BCUT2D eigenvalue weighted by atomic mass is 9.87. The maximum atomic E-state index is 13.7. The molecule has 0 saturated carbocycles. The van der Waals surface area contributed by atoms with E-state index in [1.165, 1.54) is 11.8 Å². The third-order valence-electron chi connectivity index (χ3n) is 7.12. The van der Waals surface area contributed by atoms with Crippen molar-refractivity contribution in [3.63, 3.8) is 0 Å². The molecule has 2 aromatic heterocycles. The number of aromatic nitrogens is 3. The van der Waals surface area contributed by atoms with Crippen LogP contribution in [0, 0.1) is 11.3 Å². The first-order chi connectivity index (χ1) is 16.3. The Kier molecular flexibility index (Phi) is 5.63. The number of halogens is 1. The number of rotatable bonds is 4. The van der Waals surface area contributed by atoms with Crippen LogP contribution in [0.4, 0.5) is 21.8 Å². The van der Waals surface area contributed by atoms with Gasteiger partial charge < -0.3 is 14.7 Å². The van der Waals surface area contributed by atoms with Gasteiger partial charge in [-0.1, -0.05) is 13.8 Å². The van der Waals surface area contributed by atoms with Crippen LogP contribution < -0.4 is 9.80 Å². The molecule has 2 unspecified atom stereocenters. The molecule has 0 N–H and O–H groups in total. The molecule has 34 heavy (non-hydrogen) atoms. The molecule has 0 bridgehead atoms. The highest BCUT2D eigenvalue weighted by Gasteiger charge is 2.49. The number of anilines is 3. The Morgan fingerprint density at radius 3 is 2.71 bits per heavy atom. The van der Waals surface area contributed by atoms with E-state index < -0.39 is 11.4 Å². The maximum absolute atomic E-state index is 13.7. The van der Waals surface area contributed by atoms with Crippen molar-refractivity contribution in [2.45, 2.75) is 43.4 Å². The van der Waals surface area contributed by atoms with E-state index in [2.05, 4.69) is 39.8 Å². The normalized spacial score (nSPS) is 25.5. The Hall–Kier alpha value is -2.93. The van der Waals surface area contributed by atoms with Gasteiger partial charge in [-0.2, -0.15) is 5.26 Å². The highest BCUT2D eigenvalue weighted by molar-refractivity contribution is 8.02. The zero-order valence-electron chi connectivity index (χ0n) is 19.7. The fraction of sp³-hybridized carbons (Fsp3) is 0.542. The van der Waals surface area contributed by atoms with Gasteiger partial charge in [0, 0.05) is 49.4 Å². The molecule has 3 aliphatic heterocycles. The van der Waals surface area contributed by atoms with Gasteiger partial charge in [-0.25, -0.2) is 19.3 Å². The summed E-state index contributed by atoms with van der Waals surface area (Å²) < 4.78 is 12.8. The van der Waals surface area contributed by atoms with Crippen molar-refractivity contribution in [2.24, 2.45) is 0 Å². The minimum absolute atomic E-state index is 0.0499. The number of fused-ring (bicyclic) bond motifs is 1. The summed E-state index contributed by atoms with van der Waals surface area (Å²) in [5.74, 6) is 3.13. The summed E-state index contributed by atoms with van der Waals surface area (Å²) in [5, 5.41) is 9.31. The van der Waals surface area contributed by atoms with Crippen molar-refractivity contribution in [3.05, 3.63) is 35.8 Å². The van der Waals surface area contributed by atoms with Gasteiger partial charge in [0.15, 0.2) is 0 Å². The van der Waals surface area contributed by atoms with Gasteiger partial charge in [0.05, 0.1) is 11.6 Å². The second kappa shape index (κ2) is 8.38. The molecule has 10 heteroatoms. The van der Waals surface area contributed by atoms with Gasteiger partial charge in [0.25, 0.3) is 0 Å². The average Bonchev–Trinajstić information content (AvgIpc) is 3.09. The minimum atomic E-state index is -0.875. The van der Waals surface area contributed by atoms with Crippen LogP contribution in [-0.4, -0.2) is 75.2 Å². The molecule has 0 spiro atoms. The molecule has 0 aromatic carbocycles. The van der Waals surface area contributed by atoms with Crippen LogP contribution in [0.25, 0.3) is 0 Å². The summed E-state index contributed by atoms with van der Waals surface area (Å²) in [5.41, 5.74) is 1.35. The largest absolute Gasteiger partial charge is 0.352 e. The van der Waals surface area contributed by atoms with E-state index in [1.807, 2.05) is 16.7 Å². The highest BCUT2D eigenvalue weighted by Crippen LogP contribution is 2.47. The number of carbonyl (C=O) groups is 1. The van der Waals surface area contributed by atoms with Crippen molar-refractivity contribution in [1.82, 2.24) is 19.9 Å². The van der Waals surface area contributed by atoms with Gasteiger partial charge >= 0.3 is 0 Å². The zero-order chi connectivity index (χ0) is 24.1. The predicted molar refractivity (Wildman–Crippen MR) is 130 cm³/mol. The summed E-state index contributed by atoms with van der Waals surface area (Å²) >= 11 is 1.44. The maximum Gasteiger partial charge on any atom is 0.241 e. The molecule has 2 aromatic rings. The number of hydrogen-bond acceptors (Lipinski definition) is 8. The SMILES string of the molecule is CC1CN(c2ncnc3c2C(C)(C)CN3c2cc(C#N)ccn2)CCN1C(=O)C1(CF)CCS1. The molecule has 0 radical (unpaired) electrons. The molecule has 5 rings (SSSR count). The first kappa shape index (κ1) is 22.8. The van der Waals surface area contributed by atoms with Gasteiger partial charge in [-0.15, -0.1) is 11.8 Å². The average molecular weight is 482 g/mol. The smallest absolute Gasteiger partial charge is 0.241 e. The lowest BCUT2D eigenvalue weighted by Gasteiger charge is -2.47. The van der Waals surface area contributed by atoms with Crippen LogP contribution >= 0.6 is 11.8 Å². The summed E-state index contributed by atoms with van der Waals surface area (Å²) in [6, 6.07) is 5.59. The van der Waals surface area contributed by atoms with Crippen molar-refractivity contribution in [2.75, 3.05) is 48.4 Å². The number of hydrogen-bond donors (Lipinski definition) is 0. The molecule has 2 atom stereocenters. The first-order valence-electron chi connectivity index (χ1n) is 11.5. The summed E-state index contributed by atoms with van der Waals surface area (Å²) in [4.78, 5) is 33.0. The Labute approximate surface area is 203 Å². The van der Waals surface area contributed by atoms with E-state index in [4.69, 9.17) is 0 Å². The third-order valence-corrected chi connectivity index (χ3v) is 8.57. The standard InChI is InChI=1S/C24H28FN7OS/c1-16-12-30(7-8-31(16)22(33)24(13-25)5-9-34-24)20-19-21(29-15-28-20)32(14-23(19,2)3)18-10-17(11-26)4-6-27-18/h4,6,10,15-16H,5,7-9,12-14H2,1-3H3. The van der Waals surface area contributed by atoms with Crippen molar-refractivity contribution in [1.29, 1.82) is 5.26 Å². The van der Waals surface area contributed by atoms with Crippen molar-refractivity contribution < 1.29 is 9.18 Å². The Morgan fingerprint density at radius 2 is 2.06 bits per heavy atom. The van der Waals surface area contributed by atoms with Crippen LogP contribution in [0.5, 0.6) is 0 Å². The molecule has 2 saturated heterocycles. The number of nitrogens with zero attached hydrogens (tertiary/aromatic N) is 7. The quantitative estimate of drug-likeness (QED) is 0.658. The Morgan fingerprint density at radius 1 is 1.29 bits per heavy atom. The summed E-state index contributed by atoms with van der Waals surface area (Å²) in [6.07, 6.45) is 3.83. The van der Waals surface area contributed by atoms with E-state index in [1.54, 1.807) is 24.7 Å². The Balaban J connectivity index is 1.43. The van der Waals surface area contributed by atoms with Crippen LogP contribution in [0.2, 0.25) is 0 Å². The zero-order valence-corrected chi connectivity index (χ0v) is 20.5. The van der Waals surface area contributed by atoms with Crippen molar-refractivity contribution in [3.8, 4) is 6.07 Å². The number of piperazine rings is 1. The monoisotopic (exact) mass is 481 g/mol. The lowest BCUT2D eigenvalue weighted by Crippen LogP contribution is -2.61. The number of pyridine rings is 1. The summed E-state index contributed by atoms with van der Waals surface area (Å²) in [6.45, 7) is 8.20. The second-order valence-electron chi connectivity index (χ2n) is 9.90. The van der Waals surface area contributed by atoms with E-state index in [-0.39, 0.29) is 17.4 Å². The van der Waals surface area contributed by atoms with E-state index in [0.29, 0.717) is 44.0 Å².